The minimum Gasteiger partial charge on any atom is -0.465 e. The summed E-state index contributed by atoms with van der Waals surface area (Å²) in [6.45, 7) is 3.16. The lowest BCUT2D eigenvalue weighted by Gasteiger charge is -2.37. The number of rotatable bonds is 2. The summed E-state index contributed by atoms with van der Waals surface area (Å²) in [7, 11) is 1.34. The Morgan fingerprint density at radius 3 is 2.74 bits per heavy atom. The van der Waals surface area contributed by atoms with Gasteiger partial charge in [-0.15, -0.1) is 0 Å². The molecule has 19 heavy (non-hydrogen) atoms. The zero-order chi connectivity index (χ0) is 14.0. The minimum atomic E-state index is -0.636. The third-order valence-corrected chi connectivity index (χ3v) is 3.49. The maximum absolute atomic E-state index is 11.8. The van der Waals surface area contributed by atoms with Gasteiger partial charge >= 0.3 is 5.97 Å². The van der Waals surface area contributed by atoms with E-state index in [9.17, 15) is 9.90 Å². The van der Waals surface area contributed by atoms with Gasteiger partial charge in [-0.05, 0) is 25.8 Å². The van der Waals surface area contributed by atoms with Crippen LogP contribution in [0.15, 0.2) is 12.3 Å². The molecule has 6 heteroatoms. The lowest BCUT2D eigenvalue weighted by molar-refractivity contribution is 0.0351. The van der Waals surface area contributed by atoms with Crippen LogP contribution in [0, 0.1) is 0 Å². The number of carbonyl (C=O) groups is 1. The number of nitrogens with two attached hydrogens (primary N) is 1. The Labute approximate surface area is 112 Å². The lowest BCUT2D eigenvalue weighted by Crippen LogP contribution is -2.43. The van der Waals surface area contributed by atoms with Crippen LogP contribution in [0.4, 0.5) is 11.5 Å². The average Bonchev–Trinajstić information content (AvgIpc) is 2.38. The first-order chi connectivity index (χ1) is 8.93. The fourth-order valence-corrected chi connectivity index (χ4v) is 2.22. The van der Waals surface area contributed by atoms with Crippen LogP contribution in [0.1, 0.15) is 30.1 Å². The first-order valence-electron chi connectivity index (χ1n) is 6.24. The Hall–Kier alpha value is -1.82. The number of aliphatic hydroxyl groups is 1. The van der Waals surface area contributed by atoms with Crippen molar-refractivity contribution in [1.29, 1.82) is 0 Å². The van der Waals surface area contributed by atoms with E-state index in [0.717, 1.165) is 0 Å². The van der Waals surface area contributed by atoms with Gasteiger partial charge in [0.2, 0.25) is 0 Å². The minimum absolute atomic E-state index is 0.285. The molecular weight excluding hydrogens is 246 g/mol. The maximum atomic E-state index is 11.8. The summed E-state index contributed by atoms with van der Waals surface area (Å²) in [6, 6.07) is 1.52. The van der Waals surface area contributed by atoms with Gasteiger partial charge in [0.25, 0.3) is 0 Å². The number of piperidine rings is 1. The van der Waals surface area contributed by atoms with Gasteiger partial charge in [0.15, 0.2) is 0 Å². The number of carbonyl (C=O) groups excluding carboxylic acids is 1. The number of anilines is 2. The van der Waals surface area contributed by atoms with Crippen molar-refractivity contribution in [3.05, 3.63) is 17.8 Å². The second-order valence-corrected chi connectivity index (χ2v) is 5.10. The summed E-state index contributed by atoms with van der Waals surface area (Å²) >= 11 is 0. The van der Waals surface area contributed by atoms with Gasteiger partial charge in [-0.2, -0.15) is 0 Å². The van der Waals surface area contributed by atoms with E-state index in [1.807, 2.05) is 11.8 Å². The maximum Gasteiger partial charge on any atom is 0.340 e. The van der Waals surface area contributed by atoms with Crippen molar-refractivity contribution in [1.82, 2.24) is 4.98 Å². The molecule has 0 spiro atoms. The molecule has 0 amide bonds. The molecule has 1 aliphatic rings. The zero-order valence-electron chi connectivity index (χ0n) is 11.2. The molecule has 104 valence electrons. The first-order valence-corrected chi connectivity index (χ1v) is 6.24. The molecule has 0 atom stereocenters. The third kappa shape index (κ3) is 2.96. The highest BCUT2D eigenvalue weighted by molar-refractivity contribution is 5.96. The Bertz CT molecular complexity index is 478. The monoisotopic (exact) mass is 265 g/mol. The van der Waals surface area contributed by atoms with Crippen molar-refractivity contribution in [2.24, 2.45) is 0 Å². The number of hydrogen-bond acceptors (Lipinski definition) is 6. The van der Waals surface area contributed by atoms with Crippen LogP contribution >= 0.6 is 0 Å². The van der Waals surface area contributed by atoms with Crippen LogP contribution in [-0.2, 0) is 4.74 Å². The number of ether oxygens (including phenoxy) is 1. The second kappa shape index (κ2) is 5.05. The second-order valence-electron chi connectivity index (χ2n) is 5.10. The van der Waals surface area contributed by atoms with E-state index in [1.165, 1.54) is 13.2 Å². The summed E-state index contributed by atoms with van der Waals surface area (Å²) < 4.78 is 4.77. The Morgan fingerprint density at radius 1 is 1.53 bits per heavy atom. The van der Waals surface area contributed by atoms with E-state index in [-0.39, 0.29) is 5.82 Å². The standard InChI is InChI=1S/C13H19N3O3/c1-13(18)3-5-16(6-4-13)10-8-15-11(14)7-9(10)12(17)19-2/h7-8,18H,3-6H2,1-2H3,(H2,14,15). The van der Waals surface area contributed by atoms with Crippen LogP contribution in [0.2, 0.25) is 0 Å². The van der Waals surface area contributed by atoms with Crippen molar-refractivity contribution in [2.45, 2.75) is 25.4 Å². The Morgan fingerprint density at radius 2 is 2.16 bits per heavy atom. The summed E-state index contributed by atoms with van der Waals surface area (Å²) in [5, 5.41) is 9.95. The number of nitrogens with zero attached hydrogens (tertiary/aromatic N) is 2. The van der Waals surface area contributed by atoms with Gasteiger partial charge in [0, 0.05) is 13.1 Å². The number of hydrogen-bond donors (Lipinski definition) is 2. The molecule has 0 radical (unpaired) electrons. The predicted molar refractivity (Wildman–Crippen MR) is 72.1 cm³/mol. The van der Waals surface area contributed by atoms with Crippen molar-refractivity contribution < 1.29 is 14.6 Å². The molecule has 2 rings (SSSR count). The van der Waals surface area contributed by atoms with Gasteiger partial charge in [-0.3, -0.25) is 0 Å². The predicted octanol–water partition coefficient (Wildman–Crippen LogP) is 0.802. The highest BCUT2D eigenvalue weighted by atomic mass is 16.5. The molecule has 0 bridgehead atoms. The van der Waals surface area contributed by atoms with Crippen LogP contribution in [-0.4, -0.2) is 41.9 Å². The summed E-state index contributed by atoms with van der Waals surface area (Å²) in [5.74, 6) is -0.144. The van der Waals surface area contributed by atoms with Crippen molar-refractivity contribution in [3.63, 3.8) is 0 Å². The normalized spacial score (nSPS) is 18.2. The molecule has 0 saturated carbocycles. The largest absolute Gasteiger partial charge is 0.465 e. The Kier molecular flexibility index (Phi) is 3.61. The lowest BCUT2D eigenvalue weighted by atomic mass is 9.93. The molecule has 0 aromatic carbocycles. The molecule has 1 saturated heterocycles. The molecular formula is C13H19N3O3. The number of nitrogen functional groups attached to an aromatic ring is 1. The number of aromatic nitrogens is 1. The van der Waals surface area contributed by atoms with Gasteiger partial charge in [0.1, 0.15) is 5.82 Å². The fourth-order valence-electron chi connectivity index (χ4n) is 2.22. The topological polar surface area (TPSA) is 88.7 Å². The van der Waals surface area contributed by atoms with Crippen molar-refractivity contribution in [3.8, 4) is 0 Å². The van der Waals surface area contributed by atoms with Crippen LogP contribution < -0.4 is 10.6 Å². The number of methoxy groups -OCH3 is 1. The third-order valence-electron chi connectivity index (χ3n) is 3.49. The van der Waals surface area contributed by atoms with E-state index >= 15 is 0 Å². The quantitative estimate of drug-likeness (QED) is 0.769. The number of pyridine rings is 1. The Balaban J connectivity index is 2.27. The number of esters is 1. The van der Waals surface area contributed by atoms with E-state index in [1.54, 1.807) is 6.20 Å². The molecule has 1 aromatic heterocycles. The van der Waals surface area contributed by atoms with Gasteiger partial charge in [-0.1, -0.05) is 0 Å². The molecule has 6 nitrogen and oxygen atoms in total. The zero-order valence-corrected chi connectivity index (χ0v) is 11.2. The van der Waals surface area contributed by atoms with E-state index in [2.05, 4.69) is 4.98 Å². The van der Waals surface area contributed by atoms with Crippen LogP contribution in [0.3, 0.4) is 0 Å². The summed E-state index contributed by atoms with van der Waals surface area (Å²) in [4.78, 5) is 17.8. The van der Waals surface area contributed by atoms with Crippen molar-refractivity contribution in [2.75, 3.05) is 30.8 Å². The van der Waals surface area contributed by atoms with Gasteiger partial charge < -0.3 is 20.5 Å². The highest BCUT2D eigenvalue weighted by Crippen LogP contribution is 2.28. The molecule has 0 unspecified atom stereocenters. The molecule has 0 aliphatic carbocycles. The summed E-state index contributed by atoms with van der Waals surface area (Å²) in [5.41, 5.74) is 6.10. The SMILES string of the molecule is COC(=O)c1cc(N)ncc1N1CCC(C)(O)CC1. The average molecular weight is 265 g/mol. The molecule has 2 heterocycles. The van der Waals surface area contributed by atoms with Crippen molar-refractivity contribution >= 4 is 17.5 Å². The summed E-state index contributed by atoms with van der Waals surface area (Å²) in [6.07, 6.45) is 2.89. The first kappa shape index (κ1) is 13.6. The van der Waals surface area contributed by atoms with Gasteiger partial charge in [0.05, 0.1) is 30.2 Å². The smallest absolute Gasteiger partial charge is 0.340 e. The van der Waals surface area contributed by atoms with E-state index in [0.29, 0.717) is 37.2 Å². The molecule has 1 fully saturated rings. The highest BCUT2D eigenvalue weighted by Gasteiger charge is 2.29. The molecule has 3 N–H and O–H groups in total. The molecule has 1 aliphatic heterocycles. The van der Waals surface area contributed by atoms with E-state index in [4.69, 9.17) is 10.5 Å². The molecule has 1 aromatic rings. The fraction of sp³-hybridized carbons (Fsp3) is 0.538. The van der Waals surface area contributed by atoms with Crippen LogP contribution in [0.5, 0.6) is 0 Å². The van der Waals surface area contributed by atoms with Crippen LogP contribution in [0.25, 0.3) is 0 Å². The van der Waals surface area contributed by atoms with E-state index < -0.39 is 11.6 Å². The van der Waals surface area contributed by atoms with Gasteiger partial charge in [-0.25, -0.2) is 9.78 Å².